The SMILES string of the molecule is CC(C)(C)OC(=O)N1CC(COc2cccc([C@](O)(C(=O)OCC3CCN(Cc4ccccc4)CC3)c3ccccc3)c2)C1. The highest BCUT2D eigenvalue weighted by Gasteiger charge is 2.42. The maximum absolute atomic E-state index is 13.7. The molecule has 5 rings (SSSR count). The highest BCUT2D eigenvalue weighted by molar-refractivity contribution is 5.85. The molecular weight excluding hydrogens is 556 g/mol. The van der Waals surface area contributed by atoms with Crippen LogP contribution < -0.4 is 4.74 Å². The number of carbonyl (C=O) groups is 2. The van der Waals surface area contributed by atoms with Crippen LogP contribution in [-0.4, -0.2) is 72.0 Å². The van der Waals surface area contributed by atoms with Gasteiger partial charge in [0.25, 0.3) is 0 Å². The van der Waals surface area contributed by atoms with Gasteiger partial charge in [0.05, 0.1) is 13.2 Å². The summed E-state index contributed by atoms with van der Waals surface area (Å²) in [5.41, 5.74) is -0.402. The van der Waals surface area contributed by atoms with E-state index in [2.05, 4.69) is 29.2 Å². The van der Waals surface area contributed by atoms with Crippen LogP contribution >= 0.6 is 0 Å². The van der Waals surface area contributed by atoms with E-state index < -0.39 is 17.2 Å². The van der Waals surface area contributed by atoms with E-state index in [1.807, 2.05) is 32.9 Å². The maximum Gasteiger partial charge on any atom is 0.410 e. The van der Waals surface area contributed by atoms with Gasteiger partial charge in [0.1, 0.15) is 11.4 Å². The Morgan fingerprint density at radius 3 is 2.11 bits per heavy atom. The summed E-state index contributed by atoms with van der Waals surface area (Å²) in [4.78, 5) is 30.0. The summed E-state index contributed by atoms with van der Waals surface area (Å²) >= 11 is 0. The van der Waals surface area contributed by atoms with Crippen molar-refractivity contribution in [3.8, 4) is 5.75 Å². The lowest BCUT2D eigenvalue weighted by atomic mass is 9.86. The van der Waals surface area contributed by atoms with Crippen molar-refractivity contribution in [2.24, 2.45) is 11.8 Å². The van der Waals surface area contributed by atoms with Gasteiger partial charge in [-0.1, -0.05) is 72.8 Å². The topological polar surface area (TPSA) is 88.5 Å². The number of carbonyl (C=O) groups excluding carboxylic acids is 2. The summed E-state index contributed by atoms with van der Waals surface area (Å²) in [5, 5.41) is 12.0. The van der Waals surface area contributed by atoms with Gasteiger partial charge in [-0.05, 0) is 75.9 Å². The summed E-state index contributed by atoms with van der Waals surface area (Å²) < 4.78 is 17.3. The van der Waals surface area contributed by atoms with Crippen molar-refractivity contribution in [3.63, 3.8) is 0 Å². The Balaban J connectivity index is 1.18. The van der Waals surface area contributed by atoms with E-state index in [-0.39, 0.29) is 24.5 Å². The van der Waals surface area contributed by atoms with Gasteiger partial charge < -0.3 is 24.2 Å². The zero-order valence-electron chi connectivity index (χ0n) is 26.0. The normalized spacial score (nSPS) is 17.8. The number of piperidine rings is 1. The van der Waals surface area contributed by atoms with Crippen LogP contribution in [-0.2, 0) is 26.4 Å². The summed E-state index contributed by atoms with van der Waals surface area (Å²) in [5.74, 6) is 0.248. The third-order valence-corrected chi connectivity index (χ3v) is 8.24. The molecule has 2 aliphatic rings. The number of benzene rings is 3. The van der Waals surface area contributed by atoms with Gasteiger partial charge in [-0.2, -0.15) is 0 Å². The Morgan fingerprint density at radius 2 is 1.45 bits per heavy atom. The van der Waals surface area contributed by atoms with Gasteiger partial charge >= 0.3 is 12.1 Å². The molecule has 2 fully saturated rings. The zero-order chi connectivity index (χ0) is 31.2. The Bertz CT molecular complexity index is 1380. The molecule has 3 aromatic carbocycles. The molecule has 0 saturated carbocycles. The Hall–Kier alpha value is -3.88. The molecule has 8 nitrogen and oxygen atoms in total. The zero-order valence-corrected chi connectivity index (χ0v) is 26.0. The number of rotatable bonds is 10. The van der Waals surface area contributed by atoms with Gasteiger partial charge in [0.15, 0.2) is 0 Å². The van der Waals surface area contributed by atoms with Crippen LogP contribution in [0.3, 0.4) is 0 Å². The summed E-state index contributed by atoms with van der Waals surface area (Å²) in [6.07, 6.45) is 1.54. The lowest BCUT2D eigenvalue weighted by Gasteiger charge is -2.39. The third kappa shape index (κ3) is 7.98. The van der Waals surface area contributed by atoms with Crippen molar-refractivity contribution in [1.29, 1.82) is 0 Å². The number of likely N-dealkylation sites (tertiary alicyclic amines) is 2. The quantitative estimate of drug-likeness (QED) is 0.302. The van der Waals surface area contributed by atoms with E-state index >= 15 is 0 Å². The Kier molecular flexibility index (Phi) is 9.91. The van der Waals surface area contributed by atoms with Gasteiger partial charge in [0, 0.05) is 31.1 Å². The largest absolute Gasteiger partial charge is 0.493 e. The molecule has 0 radical (unpaired) electrons. The molecule has 2 heterocycles. The standard InChI is InChI=1S/C36H44N2O6/c1-35(2,3)44-34(40)38-23-29(24-38)26-42-32-16-10-15-31(21-32)36(41,30-13-8-5-9-14-30)33(39)43-25-28-17-19-37(20-18-28)22-27-11-6-4-7-12-27/h4-16,21,28-29,41H,17-20,22-26H2,1-3H3/t36-/m0/s1. The lowest BCUT2D eigenvalue weighted by Crippen LogP contribution is -2.53. The first kappa shape index (κ1) is 31.5. The van der Waals surface area contributed by atoms with Gasteiger partial charge in [-0.3, -0.25) is 4.90 Å². The van der Waals surface area contributed by atoms with Crippen LogP contribution in [0.1, 0.15) is 50.3 Å². The van der Waals surface area contributed by atoms with Crippen molar-refractivity contribution in [2.75, 3.05) is 39.4 Å². The first-order valence-corrected chi connectivity index (χ1v) is 15.5. The molecule has 0 unspecified atom stereocenters. The molecule has 1 atom stereocenters. The molecule has 0 spiro atoms. The predicted molar refractivity (Wildman–Crippen MR) is 168 cm³/mol. The fourth-order valence-electron chi connectivity index (χ4n) is 5.71. The van der Waals surface area contributed by atoms with Crippen LogP contribution in [0.5, 0.6) is 5.75 Å². The monoisotopic (exact) mass is 600 g/mol. The maximum atomic E-state index is 13.7. The average Bonchev–Trinajstić information content (AvgIpc) is 2.99. The fourth-order valence-corrected chi connectivity index (χ4v) is 5.71. The summed E-state index contributed by atoms with van der Waals surface area (Å²) in [6.45, 7) is 10.1. The second-order valence-electron chi connectivity index (χ2n) is 13.0. The highest BCUT2D eigenvalue weighted by atomic mass is 16.6. The average molecular weight is 601 g/mol. The molecule has 1 amide bonds. The minimum absolute atomic E-state index is 0.170. The molecule has 44 heavy (non-hydrogen) atoms. The molecule has 1 N–H and O–H groups in total. The van der Waals surface area contributed by atoms with Gasteiger partial charge in [-0.15, -0.1) is 0 Å². The van der Waals surface area contributed by atoms with E-state index in [1.54, 1.807) is 53.4 Å². The smallest absolute Gasteiger partial charge is 0.410 e. The van der Waals surface area contributed by atoms with Crippen LogP contribution in [0.15, 0.2) is 84.9 Å². The fraction of sp³-hybridized carbons (Fsp3) is 0.444. The van der Waals surface area contributed by atoms with Crippen LogP contribution in [0.2, 0.25) is 0 Å². The minimum atomic E-state index is -1.99. The van der Waals surface area contributed by atoms with E-state index in [0.717, 1.165) is 32.5 Å². The first-order chi connectivity index (χ1) is 21.1. The third-order valence-electron chi connectivity index (χ3n) is 8.24. The minimum Gasteiger partial charge on any atom is -0.493 e. The molecule has 0 aromatic heterocycles. The van der Waals surface area contributed by atoms with Crippen LogP contribution in [0, 0.1) is 11.8 Å². The van der Waals surface area contributed by atoms with Crippen molar-refractivity contribution in [1.82, 2.24) is 9.80 Å². The second kappa shape index (κ2) is 13.8. The molecule has 8 heteroatoms. The van der Waals surface area contributed by atoms with E-state index in [4.69, 9.17) is 14.2 Å². The number of aliphatic hydroxyl groups is 1. The van der Waals surface area contributed by atoms with Crippen molar-refractivity contribution < 1.29 is 28.9 Å². The summed E-state index contributed by atoms with van der Waals surface area (Å²) in [7, 11) is 0. The number of esters is 1. The van der Waals surface area contributed by atoms with Crippen LogP contribution in [0.25, 0.3) is 0 Å². The molecule has 0 bridgehead atoms. The Labute approximate surface area is 260 Å². The number of ether oxygens (including phenoxy) is 3. The van der Waals surface area contributed by atoms with E-state index in [1.165, 1.54) is 5.56 Å². The number of hydrogen-bond donors (Lipinski definition) is 1. The van der Waals surface area contributed by atoms with Crippen LogP contribution in [0.4, 0.5) is 4.79 Å². The Morgan fingerprint density at radius 1 is 0.818 bits per heavy atom. The number of hydrogen-bond acceptors (Lipinski definition) is 7. The van der Waals surface area contributed by atoms with Crippen molar-refractivity contribution in [3.05, 3.63) is 102 Å². The van der Waals surface area contributed by atoms with Gasteiger partial charge in [-0.25, -0.2) is 9.59 Å². The second-order valence-corrected chi connectivity index (χ2v) is 13.0. The molecule has 234 valence electrons. The van der Waals surface area contributed by atoms with E-state index in [0.29, 0.717) is 36.6 Å². The molecular formula is C36H44N2O6. The number of amides is 1. The lowest BCUT2D eigenvalue weighted by molar-refractivity contribution is -0.164. The van der Waals surface area contributed by atoms with E-state index in [9.17, 15) is 14.7 Å². The van der Waals surface area contributed by atoms with Gasteiger partial charge in [0.2, 0.25) is 5.60 Å². The molecule has 3 aromatic rings. The number of nitrogens with zero attached hydrogens (tertiary/aromatic N) is 2. The van der Waals surface area contributed by atoms with Crippen molar-refractivity contribution >= 4 is 12.1 Å². The van der Waals surface area contributed by atoms with Crippen molar-refractivity contribution in [2.45, 2.75) is 51.4 Å². The predicted octanol–water partition coefficient (Wildman–Crippen LogP) is 5.62. The summed E-state index contributed by atoms with van der Waals surface area (Å²) in [6, 6.07) is 26.3. The first-order valence-electron chi connectivity index (χ1n) is 15.5. The highest BCUT2D eigenvalue weighted by Crippen LogP contribution is 2.34. The molecule has 2 saturated heterocycles. The molecule has 2 aliphatic heterocycles. The molecule has 0 aliphatic carbocycles.